The molecule has 2 N–H and O–H groups in total. The lowest BCUT2D eigenvalue weighted by molar-refractivity contribution is -0.161. The fourth-order valence-corrected chi connectivity index (χ4v) is 5.85. The molecule has 0 aromatic heterocycles. The molecule has 0 saturated carbocycles. The fraction of sp³-hybridized carbons (Fsp3) is 0.714. The number of phosphoric acid groups is 1. The highest BCUT2D eigenvalue weighted by Crippen LogP contribution is 2.36. The minimum atomic E-state index is -4.77. The lowest BCUT2D eigenvalue weighted by atomic mass is 10.1. The Hall–Kier alpha value is -2.29. The van der Waals surface area contributed by atoms with Crippen molar-refractivity contribution in [3.63, 3.8) is 0 Å². The minimum Gasteiger partial charge on any atom is -0.462 e. The van der Waals surface area contributed by atoms with Gasteiger partial charge in [0.1, 0.15) is 6.61 Å². The third-order valence-electron chi connectivity index (χ3n) is 8.66. The van der Waals surface area contributed by atoms with Crippen LogP contribution in [-0.2, 0) is 32.9 Å². The number of esters is 2. The molecule has 1 aliphatic rings. The Morgan fingerprint density at radius 3 is 1.63 bits per heavy atom. The lowest BCUT2D eigenvalue weighted by Crippen LogP contribution is -2.29. The minimum absolute atomic E-state index is 0.181. The molecule has 10 heteroatoms. The van der Waals surface area contributed by atoms with Crippen LogP contribution >= 0.6 is 7.82 Å². The molecule has 52 heavy (non-hydrogen) atoms. The van der Waals surface area contributed by atoms with Crippen molar-refractivity contribution >= 4 is 19.8 Å². The summed E-state index contributed by atoms with van der Waals surface area (Å²) in [5, 5.41) is 0. The van der Waals surface area contributed by atoms with E-state index in [1.807, 2.05) is 6.08 Å². The molecule has 0 radical (unpaired) electrons. The Bertz CT molecular complexity index is 1090. The van der Waals surface area contributed by atoms with Crippen molar-refractivity contribution in [3.8, 4) is 0 Å². The van der Waals surface area contributed by atoms with E-state index in [0.29, 0.717) is 25.0 Å². The van der Waals surface area contributed by atoms with Crippen molar-refractivity contribution in [1.82, 2.24) is 0 Å². The summed E-state index contributed by atoms with van der Waals surface area (Å²) in [7, 11) is -4.77. The largest absolute Gasteiger partial charge is 0.469 e. The van der Waals surface area contributed by atoms with Crippen LogP contribution in [0.1, 0.15) is 162 Å². The van der Waals surface area contributed by atoms with E-state index >= 15 is 0 Å². The summed E-state index contributed by atoms with van der Waals surface area (Å²) in [6, 6.07) is 0. The van der Waals surface area contributed by atoms with Crippen molar-refractivity contribution in [2.24, 2.45) is 0 Å². The number of rotatable bonds is 35. The molecule has 0 bridgehead atoms. The molecule has 1 heterocycles. The highest BCUT2D eigenvalue weighted by atomic mass is 31.2. The monoisotopic (exact) mass is 750 g/mol. The zero-order valence-corrected chi connectivity index (χ0v) is 33.3. The number of unbranched alkanes of at least 4 members (excludes halogenated alkanes) is 13. The zero-order chi connectivity index (χ0) is 38.0. The van der Waals surface area contributed by atoms with Crippen LogP contribution in [0.5, 0.6) is 0 Å². The van der Waals surface area contributed by atoms with Gasteiger partial charge in [0.05, 0.1) is 18.8 Å². The molecule has 298 valence electrons. The molecule has 0 aliphatic carbocycles. The Balaban J connectivity index is 2.13. The summed E-state index contributed by atoms with van der Waals surface area (Å²) >= 11 is 0. The number of carbonyl (C=O) groups excluding carboxylic acids is 2. The number of hydrogen-bond acceptors (Lipinski definition) is 7. The Kier molecular flexibility index (Phi) is 30.6. The van der Waals surface area contributed by atoms with E-state index in [4.69, 9.17) is 24.0 Å². The lowest BCUT2D eigenvalue weighted by Gasteiger charge is -2.18. The van der Waals surface area contributed by atoms with Crippen LogP contribution in [0.3, 0.4) is 0 Å². The van der Waals surface area contributed by atoms with Crippen molar-refractivity contribution in [3.05, 3.63) is 60.8 Å². The van der Waals surface area contributed by atoms with Crippen LogP contribution in [0.4, 0.5) is 0 Å². The molecule has 0 aromatic rings. The first kappa shape index (κ1) is 47.7. The second-order valence-corrected chi connectivity index (χ2v) is 14.9. The molecule has 3 atom stereocenters. The van der Waals surface area contributed by atoms with E-state index in [-0.39, 0.29) is 19.4 Å². The van der Waals surface area contributed by atoms with E-state index < -0.39 is 32.5 Å². The van der Waals surface area contributed by atoms with Gasteiger partial charge in [-0.05, 0) is 83.5 Å². The average Bonchev–Trinajstić information content (AvgIpc) is 3.87. The summed E-state index contributed by atoms with van der Waals surface area (Å²) in [6.45, 7) is 3.55. The number of carbonyl (C=O) groups is 2. The zero-order valence-electron chi connectivity index (χ0n) is 32.4. The van der Waals surface area contributed by atoms with E-state index in [1.165, 1.54) is 44.9 Å². The van der Waals surface area contributed by atoms with E-state index in [9.17, 15) is 14.2 Å². The van der Waals surface area contributed by atoms with Gasteiger partial charge < -0.3 is 24.0 Å². The molecule has 1 rings (SSSR count). The van der Waals surface area contributed by atoms with Crippen LogP contribution in [-0.4, -0.2) is 53.3 Å². The van der Waals surface area contributed by atoms with Gasteiger partial charge in [-0.25, -0.2) is 4.57 Å². The van der Waals surface area contributed by atoms with Gasteiger partial charge in [-0.3, -0.25) is 14.1 Å². The number of phosphoric ester groups is 1. The first-order valence-electron chi connectivity index (χ1n) is 20.2. The van der Waals surface area contributed by atoms with Gasteiger partial charge in [0.2, 0.25) is 0 Å². The Labute approximate surface area is 315 Å². The van der Waals surface area contributed by atoms with Gasteiger partial charge in [0, 0.05) is 12.8 Å². The van der Waals surface area contributed by atoms with Crippen LogP contribution in [0.15, 0.2) is 60.8 Å². The second-order valence-electron chi connectivity index (χ2n) is 13.6. The summed E-state index contributed by atoms with van der Waals surface area (Å²) in [5.41, 5.74) is 0. The van der Waals surface area contributed by atoms with Crippen LogP contribution in [0.2, 0.25) is 0 Å². The number of ether oxygens (including phenoxy) is 3. The number of allylic oxidation sites excluding steroid dienone is 8. The maximum absolute atomic E-state index is 12.4. The summed E-state index contributed by atoms with van der Waals surface area (Å²) < 4.78 is 32.0. The molecule has 2 unspecified atom stereocenters. The van der Waals surface area contributed by atoms with Gasteiger partial charge in [-0.2, -0.15) is 0 Å². The topological polar surface area (TPSA) is 132 Å². The molecule has 0 amide bonds. The first-order chi connectivity index (χ1) is 25.2. The van der Waals surface area contributed by atoms with Crippen molar-refractivity contribution < 1.29 is 42.7 Å². The molecule has 1 fully saturated rings. The highest BCUT2D eigenvalue weighted by molar-refractivity contribution is 7.46. The van der Waals surface area contributed by atoms with Crippen LogP contribution < -0.4 is 0 Å². The molecule has 9 nitrogen and oxygen atoms in total. The molecule has 0 spiro atoms. The van der Waals surface area contributed by atoms with Crippen LogP contribution in [0, 0.1) is 0 Å². The van der Waals surface area contributed by atoms with E-state index in [0.717, 1.165) is 77.0 Å². The molecular weight excluding hydrogens is 679 g/mol. The fourth-order valence-electron chi connectivity index (χ4n) is 5.49. The third-order valence-corrected chi connectivity index (χ3v) is 9.15. The van der Waals surface area contributed by atoms with Crippen molar-refractivity contribution in [1.29, 1.82) is 0 Å². The van der Waals surface area contributed by atoms with Crippen molar-refractivity contribution in [2.45, 2.75) is 180 Å². The third kappa shape index (κ3) is 32.4. The maximum atomic E-state index is 12.4. The predicted molar refractivity (Wildman–Crippen MR) is 211 cm³/mol. The standard InChI is InChI=1S/C42H71O9P/c1-3-5-7-9-11-12-13-14-15-16-17-18-19-22-27-31-35-42(44)50-38(37-49-52(45,46)47)36-48-41(43)34-30-26-23-20-21-25-29-33-40-39(51-40)32-28-24-10-8-6-4-2/h11-12,14-15,20,23-25,28-29,38-40H,3-10,13,16-19,21-22,26-27,30-37H2,1-2H3,(H2,45,46,47)/b12-11-,15-14-,23-20-,28-24-,29-25-/t38-,39?,40?/m1/s1. The number of epoxide rings is 1. The SMILES string of the molecule is CCCCC/C=C\C/C=C\CCCCCCCCC(=O)O[C@H](COC(=O)CCC/C=C\C/C=C\CC1OC1C/C=C\CCCCC)COP(=O)(O)O. The highest BCUT2D eigenvalue weighted by Gasteiger charge is 2.36. The van der Waals surface area contributed by atoms with Crippen LogP contribution in [0.25, 0.3) is 0 Å². The number of hydrogen-bond donors (Lipinski definition) is 2. The Morgan fingerprint density at radius 1 is 0.596 bits per heavy atom. The molecule has 0 aromatic carbocycles. The molecule has 1 saturated heterocycles. The van der Waals surface area contributed by atoms with Gasteiger partial charge in [-0.15, -0.1) is 0 Å². The second kappa shape index (κ2) is 33.3. The quantitative estimate of drug-likeness (QED) is 0.0213. The maximum Gasteiger partial charge on any atom is 0.469 e. The van der Waals surface area contributed by atoms with Crippen molar-refractivity contribution in [2.75, 3.05) is 13.2 Å². The predicted octanol–water partition coefficient (Wildman–Crippen LogP) is 11.1. The van der Waals surface area contributed by atoms with E-state index in [1.54, 1.807) is 0 Å². The smallest absolute Gasteiger partial charge is 0.462 e. The summed E-state index contributed by atoms with van der Waals surface area (Å²) in [4.78, 5) is 42.8. The molecule has 1 aliphatic heterocycles. The van der Waals surface area contributed by atoms with Gasteiger partial charge in [0.15, 0.2) is 6.10 Å². The summed E-state index contributed by atoms with van der Waals surface area (Å²) in [6.07, 6.45) is 44.0. The summed E-state index contributed by atoms with van der Waals surface area (Å²) in [5.74, 6) is -0.973. The molecular formula is C42H71O9P. The Morgan fingerprint density at radius 2 is 1.06 bits per heavy atom. The first-order valence-corrected chi connectivity index (χ1v) is 21.7. The van der Waals surface area contributed by atoms with Gasteiger partial charge in [0.25, 0.3) is 0 Å². The average molecular weight is 751 g/mol. The van der Waals surface area contributed by atoms with Gasteiger partial charge in [-0.1, -0.05) is 126 Å². The van der Waals surface area contributed by atoms with Gasteiger partial charge >= 0.3 is 19.8 Å². The normalized spacial score (nSPS) is 17.0. The van der Waals surface area contributed by atoms with E-state index in [2.05, 4.69) is 73.1 Å².